The van der Waals surface area contributed by atoms with E-state index in [4.69, 9.17) is 39.5 Å². The Kier molecular flexibility index (Phi) is 4.96. The number of Topliss-reactive ketones (excluding diaryl/α,β-unsaturated/α-hetero) is 2. The molecule has 0 N–H and O–H groups in total. The van der Waals surface area contributed by atoms with E-state index in [1.807, 2.05) is 0 Å². The molecule has 9 heteroatoms. The number of ether oxygens (including phenoxy) is 1. The summed E-state index contributed by atoms with van der Waals surface area (Å²) in [6.45, 7) is 0. The Hall–Kier alpha value is -3.03. The van der Waals surface area contributed by atoms with Gasteiger partial charge in [-0.05, 0) is 35.9 Å². The predicted octanol–water partition coefficient (Wildman–Crippen LogP) is 5.34. The highest BCUT2D eigenvalue weighted by molar-refractivity contribution is 6.42. The summed E-state index contributed by atoms with van der Waals surface area (Å²) in [7, 11) is 0. The van der Waals surface area contributed by atoms with Crippen LogP contribution >= 0.6 is 34.8 Å². The van der Waals surface area contributed by atoms with Crippen LogP contribution in [0.25, 0.3) is 0 Å². The van der Waals surface area contributed by atoms with Crippen LogP contribution in [-0.2, 0) is 14.3 Å². The second kappa shape index (κ2) is 7.73. The number of fused-ring (bicyclic) bond motifs is 3. The van der Waals surface area contributed by atoms with Crippen LogP contribution in [0.2, 0.25) is 15.1 Å². The number of hydrogen-bond acceptors (Lipinski definition) is 5. The Labute approximate surface area is 214 Å². The van der Waals surface area contributed by atoms with Crippen LogP contribution in [0.5, 0.6) is 0 Å². The molecule has 0 bridgehead atoms. The fraction of sp³-hybridized carbons (Fsp3) is 0.154. The SMILES string of the molecule is O=C1[C@@H]2[C@H](c3ccc(Cl)cc3)OC3(C(=O)c4ccccc4C3=O)[C@H]2C(=O)N1c1ccc(Cl)c(Cl)c1. The minimum atomic E-state index is -2.14. The van der Waals surface area contributed by atoms with Gasteiger partial charge >= 0.3 is 0 Å². The Bertz CT molecular complexity index is 1430. The van der Waals surface area contributed by atoms with Crippen LogP contribution in [0.1, 0.15) is 32.4 Å². The molecule has 2 saturated heterocycles. The second-order valence-corrected chi connectivity index (χ2v) is 9.89. The monoisotopic (exact) mass is 525 g/mol. The van der Waals surface area contributed by atoms with E-state index in [0.717, 1.165) is 4.90 Å². The molecular weight excluding hydrogens is 513 g/mol. The number of amides is 2. The van der Waals surface area contributed by atoms with Crippen molar-refractivity contribution in [1.29, 1.82) is 0 Å². The number of carbonyl (C=O) groups is 4. The normalized spacial score (nSPS) is 24.4. The first-order chi connectivity index (χ1) is 16.8. The number of benzene rings is 3. The van der Waals surface area contributed by atoms with Crippen LogP contribution in [0, 0.1) is 11.8 Å². The molecule has 3 atom stereocenters. The molecule has 3 aromatic carbocycles. The fourth-order valence-electron chi connectivity index (χ4n) is 5.35. The quantitative estimate of drug-likeness (QED) is 0.333. The number of nitrogens with zero attached hydrogens (tertiary/aromatic N) is 1. The molecular formula is C26H14Cl3NO5. The molecule has 3 aromatic rings. The number of halogens is 3. The summed E-state index contributed by atoms with van der Waals surface area (Å²) >= 11 is 18.2. The third-order valence-electron chi connectivity index (χ3n) is 6.88. The zero-order valence-electron chi connectivity index (χ0n) is 17.7. The van der Waals surface area contributed by atoms with Crippen molar-refractivity contribution < 1.29 is 23.9 Å². The van der Waals surface area contributed by atoms with E-state index in [9.17, 15) is 19.2 Å². The topological polar surface area (TPSA) is 80.8 Å². The molecule has 174 valence electrons. The van der Waals surface area contributed by atoms with E-state index in [0.29, 0.717) is 10.6 Å². The molecule has 3 aliphatic rings. The van der Waals surface area contributed by atoms with Gasteiger partial charge in [0.05, 0.1) is 33.7 Å². The zero-order chi connectivity index (χ0) is 24.6. The van der Waals surface area contributed by atoms with Gasteiger partial charge in [-0.3, -0.25) is 19.2 Å². The third kappa shape index (κ3) is 2.94. The molecule has 0 saturated carbocycles. The highest BCUT2D eigenvalue weighted by atomic mass is 35.5. The van der Waals surface area contributed by atoms with Gasteiger partial charge in [0, 0.05) is 16.1 Å². The van der Waals surface area contributed by atoms with E-state index < -0.39 is 46.9 Å². The maximum Gasteiger partial charge on any atom is 0.241 e. The summed E-state index contributed by atoms with van der Waals surface area (Å²) in [5.74, 6) is -5.00. The average Bonchev–Trinajstić information content (AvgIpc) is 3.41. The Balaban J connectivity index is 1.54. The van der Waals surface area contributed by atoms with Crippen molar-refractivity contribution in [1.82, 2.24) is 0 Å². The molecule has 6 rings (SSSR count). The summed E-state index contributed by atoms with van der Waals surface area (Å²) < 4.78 is 6.22. The maximum atomic E-state index is 13.9. The van der Waals surface area contributed by atoms with Gasteiger partial charge in [-0.2, -0.15) is 0 Å². The van der Waals surface area contributed by atoms with Crippen LogP contribution in [0.4, 0.5) is 5.69 Å². The van der Waals surface area contributed by atoms with Crippen molar-refractivity contribution in [2.75, 3.05) is 4.90 Å². The van der Waals surface area contributed by atoms with Gasteiger partial charge in [-0.25, -0.2) is 4.90 Å². The molecule has 0 radical (unpaired) electrons. The lowest BCUT2D eigenvalue weighted by Crippen LogP contribution is -2.51. The molecule has 1 spiro atoms. The average molecular weight is 527 g/mol. The maximum absolute atomic E-state index is 13.9. The van der Waals surface area contributed by atoms with Crippen molar-refractivity contribution in [3.8, 4) is 0 Å². The molecule has 2 fully saturated rings. The van der Waals surface area contributed by atoms with Crippen molar-refractivity contribution in [3.63, 3.8) is 0 Å². The van der Waals surface area contributed by atoms with Gasteiger partial charge in [-0.1, -0.05) is 71.2 Å². The van der Waals surface area contributed by atoms with Crippen LogP contribution in [0.15, 0.2) is 66.7 Å². The first-order valence-corrected chi connectivity index (χ1v) is 11.8. The van der Waals surface area contributed by atoms with Gasteiger partial charge in [0.15, 0.2) is 0 Å². The Morgan fingerprint density at radius 1 is 0.743 bits per heavy atom. The van der Waals surface area contributed by atoms with Crippen molar-refractivity contribution in [2.24, 2.45) is 11.8 Å². The van der Waals surface area contributed by atoms with E-state index in [1.165, 1.54) is 30.3 Å². The summed E-state index contributed by atoms with van der Waals surface area (Å²) in [4.78, 5) is 56.0. The summed E-state index contributed by atoms with van der Waals surface area (Å²) in [6, 6.07) is 17.2. The second-order valence-electron chi connectivity index (χ2n) is 8.64. The van der Waals surface area contributed by atoms with Crippen LogP contribution in [0.3, 0.4) is 0 Å². The number of rotatable bonds is 2. The van der Waals surface area contributed by atoms with E-state index in [1.54, 1.807) is 36.4 Å². The molecule has 35 heavy (non-hydrogen) atoms. The Morgan fingerprint density at radius 3 is 1.97 bits per heavy atom. The molecule has 0 unspecified atom stereocenters. The van der Waals surface area contributed by atoms with Crippen LogP contribution < -0.4 is 4.90 Å². The van der Waals surface area contributed by atoms with Crippen molar-refractivity contribution >= 4 is 63.9 Å². The zero-order valence-corrected chi connectivity index (χ0v) is 20.0. The summed E-state index contributed by atoms with van der Waals surface area (Å²) in [6.07, 6.45) is -1.02. The highest BCUT2D eigenvalue weighted by Gasteiger charge is 2.74. The van der Waals surface area contributed by atoms with E-state index in [-0.39, 0.29) is 26.9 Å². The van der Waals surface area contributed by atoms with Gasteiger partial charge in [0.1, 0.15) is 0 Å². The molecule has 6 nitrogen and oxygen atoms in total. The smallest absolute Gasteiger partial charge is 0.241 e. The summed E-state index contributed by atoms with van der Waals surface area (Å²) in [5.41, 5.74) is -1.09. The lowest BCUT2D eigenvalue weighted by molar-refractivity contribution is -0.127. The predicted molar refractivity (Wildman–Crippen MR) is 129 cm³/mol. The van der Waals surface area contributed by atoms with Gasteiger partial charge in [-0.15, -0.1) is 0 Å². The minimum absolute atomic E-state index is 0.155. The number of hydrogen-bond donors (Lipinski definition) is 0. The number of ketones is 2. The lowest BCUT2D eigenvalue weighted by atomic mass is 9.77. The van der Waals surface area contributed by atoms with Gasteiger partial charge in [0.2, 0.25) is 29.0 Å². The lowest BCUT2D eigenvalue weighted by Gasteiger charge is -2.27. The minimum Gasteiger partial charge on any atom is -0.349 e. The van der Waals surface area contributed by atoms with E-state index >= 15 is 0 Å². The number of carbonyl (C=O) groups excluding carboxylic acids is 4. The molecule has 2 amide bonds. The molecule has 0 aromatic heterocycles. The van der Waals surface area contributed by atoms with Crippen molar-refractivity contribution in [3.05, 3.63) is 98.5 Å². The fourth-order valence-corrected chi connectivity index (χ4v) is 5.77. The molecule has 2 heterocycles. The highest BCUT2D eigenvalue weighted by Crippen LogP contribution is 2.57. The molecule has 1 aliphatic carbocycles. The largest absolute Gasteiger partial charge is 0.349 e. The molecule has 2 aliphatic heterocycles. The standard InChI is InChI=1S/C26H14Cl3NO5/c27-13-7-5-12(6-8-13)21-19-20(25(34)30(24(19)33)14-9-10-17(28)18(29)11-14)26(35-21)22(31)15-3-1-2-4-16(15)23(26)32/h1-11,19-21H/t19-,20+,21-/m0/s1. The first kappa shape index (κ1) is 22.4. The van der Waals surface area contributed by atoms with Crippen molar-refractivity contribution in [2.45, 2.75) is 11.7 Å². The van der Waals surface area contributed by atoms with E-state index in [2.05, 4.69) is 0 Å². The van der Waals surface area contributed by atoms with Gasteiger partial charge < -0.3 is 4.74 Å². The van der Waals surface area contributed by atoms with Crippen LogP contribution in [-0.4, -0.2) is 29.0 Å². The number of anilines is 1. The first-order valence-electron chi connectivity index (χ1n) is 10.7. The third-order valence-corrected chi connectivity index (χ3v) is 7.87. The van der Waals surface area contributed by atoms with Gasteiger partial charge in [0.25, 0.3) is 0 Å². The Morgan fingerprint density at radius 2 is 1.37 bits per heavy atom. The number of imide groups is 1. The summed E-state index contributed by atoms with van der Waals surface area (Å²) in [5, 5.41) is 0.873.